The highest BCUT2D eigenvalue weighted by molar-refractivity contribution is 5.94. The fourth-order valence-corrected chi connectivity index (χ4v) is 4.24. The average Bonchev–Trinajstić information content (AvgIpc) is 3.08. The molecule has 3 heterocycles. The van der Waals surface area contributed by atoms with Crippen molar-refractivity contribution in [1.82, 2.24) is 19.6 Å². The van der Waals surface area contributed by atoms with Crippen LogP contribution in [0, 0.1) is 6.92 Å². The van der Waals surface area contributed by atoms with E-state index in [9.17, 15) is 4.79 Å². The Morgan fingerprint density at radius 1 is 1.04 bits per heavy atom. The van der Waals surface area contributed by atoms with Crippen molar-refractivity contribution in [2.24, 2.45) is 0 Å². The highest BCUT2D eigenvalue weighted by atomic mass is 16.5. The summed E-state index contributed by atoms with van der Waals surface area (Å²) in [6.45, 7) is 6.12. The normalized spacial score (nSPS) is 20.6. The van der Waals surface area contributed by atoms with E-state index in [1.165, 1.54) is 0 Å². The van der Waals surface area contributed by atoms with Crippen LogP contribution in [-0.2, 0) is 4.74 Å². The summed E-state index contributed by atoms with van der Waals surface area (Å²) in [6.07, 6.45) is 5.07. The molecule has 1 amide bonds. The Labute approximate surface area is 160 Å². The van der Waals surface area contributed by atoms with Crippen molar-refractivity contribution in [2.45, 2.75) is 31.7 Å². The maximum absolute atomic E-state index is 13.0. The Hall–Kier alpha value is -2.18. The maximum atomic E-state index is 13.0. The van der Waals surface area contributed by atoms with Crippen LogP contribution in [-0.4, -0.2) is 70.9 Å². The van der Waals surface area contributed by atoms with E-state index in [0.29, 0.717) is 0 Å². The zero-order valence-electron chi connectivity index (χ0n) is 16.2. The molecule has 1 aromatic carbocycles. The number of ether oxygens (including phenoxy) is 1. The smallest absolute Gasteiger partial charge is 0.253 e. The van der Waals surface area contributed by atoms with Crippen molar-refractivity contribution in [2.75, 3.05) is 39.9 Å². The molecule has 2 aliphatic heterocycles. The summed E-state index contributed by atoms with van der Waals surface area (Å²) in [7, 11) is 2.19. The molecular formula is C21H28N4O2. The van der Waals surface area contributed by atoms with E-state index in [0.717, 1.165) is 69.1 Å². The van der Waals surface area contributed by atoms with Crippen molar-refractivity contribution < 1.29 is 9.53 Å². The number of aryl methyl sites for hydroxylation is 1. The number of likely N-dealkylation sites (N-methyl/N-ethyl adjacent to an activating group) is 1. The molecule has 1 spiro atoms. The van der Waals surface area contributed by atoms with Gasteiger partial charge in [-0.05, 0) is 63.6 Å². The van der Waals surface area contributed by atoms with E-state index in [1.54, 1.807) is 0 Å². The number of amides is 1. The first-order valence-corrected chi connectivity index (χ1v) is 9.78. The molecule has 0 aliphatic carbocycles. The monoisotopic (exact) mass is 368 g/mol. The van der Waals surface area contributed by atoms with Crippen LogP contribution in [0.2, 0.25) is 0 Å². The van der Waals surface area contributed by atoms with Gasteiger partial charge in [-0.1, -0.05) is 0 Å². The van der Waals surface area contributed by atoms with Gasteiger partial charge < -0.3 is 9.64 Å². The zero-order chi connectivity index (χ0) is 18.9. The summed E-state index contributed by atoms with van der Waals surface area (Å²) in [5.74, 6) is 0.121. The second-order valence-corrected chi connectivity index (χ2v) is 7.75. The van der Waals surface area contributed by atoms with E-state index in [4.69, 9.17) is 4.74 Å². The molecule has 0 unspecified atom stereocenters. The molecule has 2 saturated heterocycles. The third-order valence-corrected chi connectivity index (χ3v) is 6.17. The van der Waals surface area contributed by atoms with Crippen molar-refractivity contribution in [1.29, 1.82) is 0 Å². The van der Waals surface area contributed by atoms with Gasteiger partial charge in [-0.25, -0.2) is 4.68 Å². The van der Waals surface area contributed by atoms with Crippen LogP contribution in [0.25, 0.3) is 5.69 Å². The van der Waals surface area contributed by atoms with E-state index in [1.807, 2.05) is 53.0 Å². The largest absolute Gasteiger partial charge is 0.381 e. The first kappa shape index (κ1) is 18.2. The molecule has 27 heavy (non-hydrogen) atoms. The molecule has 1 aromatic heterocycles. The van der Waals surface area contributed by atoms with E-state index in [2.05, 4.69) is 17.0 Å². The van der Waals surface area contributed by atoms with Gasteiger partial charge in [0, 0.05) is 50.1 Å². The van der Waals surface area contributed by atoms with E-state index in [-0.39, 0.29) is 11.4 Å². The SMILES string of the molecule is Cc1ccn(-c2ccc(C(=O)N3CCN(C)C4(CCOCC4)CC3)cc2)n1. The van der Waals surface area contributed by atoms with Crippen LogP contribution in [0.4, 0.5) is 0 Å². The van der Waals surface area contributed by atoms with Gasteiger partial charge in [-0.15, -0.1) is 0 Å². The second-order valence-electron chi connectivity index (χ2n) is 7.75. The van der Waals surface area contributed by atoms with Crippen molar-refractivity contribution >= 4 is 5.91 Å². The minimum atomic E-state index is 0.121. The molecular weight excluding hydrogens is 340 g/mol. The van der Waals surface area contributed by atoms with Crippen LogP contribution >= 0.6 is 0 Å². The van der Waals surface area contributed by atoms with Crippen LogP contribution in [0.1, 0.15) is 35.3 Å². The lowest BCUT2D eigenvalue weighted by molar-refractivity contribution is -0.0158. The van der Waals surface area contributed by atoms with Gasteiger partial charge in [0.05, 0.1) is 11.4 Å². The van der Waals surface area contributed by atoms with E-state index >= 15 is 0 Å². The maximum Gasteiger partial charge on any atom is 0.253 e. The fourth-order valence-electron chi connectivity index (χ4n) is 4.24. The minimum absolute atomic E-state index is 0.121. The first-order chi connectivity index (χ1) is 13.1. The number of nitrogens with zero attached hydrogens (tertiary/aromatic N) is 4. The third-order valence-electron chi connectivity index (χ3n) is 6.17. The number of hydrogen-bond acceptors (Lipinski definition) is 4. The summed E-state index contributed by atoms with van der Waals surface area (Å²) in [6, 6.07) is 9.72. The third kappa shape index (κ3) is 3.64. The molecule has 2 aromatic rings. The molecule has 0 radical (unpaired) electrons. The summed E-state index contributed by atoms with van der Waals surface area (Å²) < 4.78 is 7.40. The van der Waals surface area contributed by atoms with Crippen molar-refractivity contribution in [3.05, 3.63) is 47.8 Å². The van der Waals surface area contributed by atoms with Gasteiger partial charge in [0.2, 0.25) is 0 Å². The molecule has 2 fully saturated rings. The Balaban J connectivity index is 1.46. The van der Waals surface area contributed by atoms with E-state index < -0.39 is 0 Å². The highest BCUT2D eigenvalue weighted by Crippen LogP contribution is 2.32. The van der Waals surface area contributed by atoms with Crippen LogP contribution in [0.3, 0.4) is 0 Å². The quantitative estimate of drug-likeness (QED) is 0.817. The topological polar surface area (TPSA) is 50.6 Å². The predicted octanol–water partition coefficient (Wildman–Crippen LogP) is 2.51. The number of aromatic nitrogens is 2. The van der Waals surface area contributed by atoms with Crippen molar-refractivity contribution in [3.8, 4) is 5.69 Å². The summed E-state index contributed by atoms with van der Waals surface area (Å²) >= 11 is 0. The van der Waals surface area contributed by atoms with Crippen LogP contribution in [0.5, 0.6) is 0 Å². The molecule has 144 valence electrons. The number of carbonyl (C=O) groups is 1. The van der Waals surface area contributed by atoms with Gasteiger partial charge in [0.25, 0.3) is 5.91 Å². The second kappa shape index (κ2) is 7.44. The van der Waals surface area contributed by atoms with Gasteiger partial charge in [0.1, 0.15) is 0 Å². The lowest BCUT2D eigenvalue weighted by Gasteiger charge is -2.43. The Bertz CT molecular complexity index is 793. The molecule has 4 rings (SSSR count). The number of hydrogen-bond donors (Lipinski definition) is 0. The Kier molecular flexibility index (Phi) is 5.02. The summed E-state index contributed by atoms with van der Waals surface area (Å²) in [4.78, 5) is 17.5. The zero-order valence-corrected chi connectivity index (χ0v) is 16.2. The van der Waals surface area contributed by atoms with Crippen LogP contribution in [0.15, 0.2) is 36.5 Å². The molecule has 0 atom stereocenters. The van der Waals surface area contributed by atoms with Gasteiger partial charge in [-0.2, -0.15) is 5.10 Å². The lowest BCUT2D eigenvalue weighted by Crippen LogP contribution is -2.50. The fraction of sp³-hybridized carbons (Fsp3) is 0.524. The van der Waals surface area contributed by atoms with Gasteiger partial charge >= 0.3 is 0 Å². The molecule has 2 aliphatic rings. The number of carbonyl (C=O) groups excluding carboxylic acids is 1. The lowest BCUT2D eigenvalue weighted by atomic mass is 9.85. The van der Waals surface area contributed by atoms with Crippen LogP contribution < -0.4 is 0 Å². The molecule has 0 N–H and O–H groups in total. The summed E-state index contributed by atoms with van der Waals surface area (Å²) in [5.41, 5.74) is 2.88. The number of benzene rings is 1. The Morgan fingerprint density at radius 3 is 2.44 bits per heavy atom. The molecule has 6 heteroatoms. The average molecular weight is 368 g/mol. The summed E-state index contributed by atoms with van der Waals surface area (Å²) in [5, 5.41) is 4.42. The van der Waals surface area contributed by atoms with Gasteiger partial charge in [-0.3, -0.25) is 9.69 Å². The molecule has 0 saturated carbocycles. The predicted molar refractivity (Wildman–Crippen MR) is 104 cm³/mol. The van der Waals surface area contributed by atoms with Gasteiger partial charge in [0.15, 0.2) is 0 Å². The number of rotatable bonds is 2. The molecule has 6 nitrogen and oxygen atoms in total. The molecule has 0 bridgehead atoms. The highest BCUT2D eigenvalue weighted by Gasteiger charge is 2.39. The standard InChI is InChI=1S/C21H28N4O2/c1-17-7-11-25(22-17)19-5-3-18(4-6-19)20(26)24-12-8-21(23(2)13-14-24)9-15-27-16-10-21/h3-7,11H,8-10,12-16H2,1-2H3. The first-order valence-electron chi connectivity index (χ1n) is 9.78. The Morgan fingerprint density at radius 2 is 1.78 bits per heavy atom. The van der Waals surface area contributed by atoms with Crippen molar-refractivity contribution in [3.63, 3.8) is 0 Å². The minimum Gasteiger partial charge on any atom is -0.381 e.